The van der Waals surface area contributed by atoms with Crippen LogP contribution in [0.25, 0.3) is 0 Å². The van der Waals surface area contributed by atoms with E-state index in [1.807, 2.05) is 6.92 Å². The number of unbranched alkanes of at least 4 members (excludes halogenated alkanes) is 1. The number of hydrogen-bond acceptors (Lipinski definition) is 3. The molecule has 98 valence electrons. The summed E-state index contributed by atoms with van der Waals surface area (Å²) in [5.74, 6) is 0. The molecular weight excluding hydrogens is 210 g/mol. The molecule has 0 amide bonds. The smallest absolute Gasteiger partial charge is 0.104 e. The van der Waals surface area contributed by atoms with Gasteiger partial charge in [-0.3, -0.25) is 5.32 Å². The Morgan fingerprint density at radius 2 is 2.00 bits per heavy atom. The number of nitriles is 1. The van der Waals surface area contributed by atoms with Crippen molar-refractivity contribution in [2.45, 2.75) is 64.0 Å². The summed E-state index contributed by atoms with van der Waals surface area (Å²) in [6.07, 6.45) is 7.07. The fourth-order valence-corrected chi connectivity index (χ4v) is 2.08. The SMILES string of the molecule is CCCCN(C)CCCC(C)(C#N)NC1CC1. The number of nitrogens with one attached hydrogen (secondary N) is 1. The average Bonchev–Trinajstić information content (AvgIpc) is 3.10. The van der Waals surface area contributed by atoms with Gasteiger partial charge in [-0.2, -0.15) is 5.26 Å². The molecule has 1 atom stereocenters. The topological polar surface area (TPSA) is 39.1 Å². The van der Waals surface area contributed by atoms with Crippen molar-refractivity contribution in [2.75, 3.05) is 20.1 Å². The molecule has 0 aliphatic heterocycles. The second kappa shape index (κ2) is 6.98. The largest absolute Gasteiger partial charge is 0.306 e. The third-order valence-corrected chi connectivity index (χ3v) is 3.46. The summed E-state index contributed by atoms with van der Waals surface area (Å²) in [6, 6.07) is 3.05. The van der Waals surface area contributed by atoms with Gasteiger partial charge in [0, 0.05) is 6.04 Å². The molecule has 0 aromatic heterocycles. The van der Waals surface area contributed by atoms with Gasteiger partial charge in [0.05, 0.1) is 6.07 Å². The van der Waals surface area contributed by atoms with Crippen molar-refractivity contribution in [1.29, 1.82) is 5.26 Å². The summed E-state index contributed by atoms with van der Waals surface area (Å²) >= 11 is 0. The molecule has 0 spiro atoms. The van der Waals surface area contributed by atoms with Crippen molar-refractivity contribution in [3.63, 3.8) is 0 Å². The molecule has 0 aromatic rings. The minimum absolute atomic E-state index is 0.313. The third kappa shape index (κ3) is 6.05. The zero-order valence-electron chi connectivity index (χ0n) is 11.6. The van der Waals surface area contributed by atoms with Crippen LogP contribution in [0, 0.1) is 11.3 Å². The number of nitrogens with zero attached hydrogens (tertiary/aromatic N) is 2. The van der Waals surface area contributed by atoms with Crippen molar-refractivity contribution < 1.29 is 0 Å². The van der Waals surface area contributed by atoms with E-state index in [-0.39, 0.29) is 5.54 Å². The molecule has 1 unspecified atom stereocenters. The summed E-state index contributed by atoms with van der Waals surface area (Å²) in [6.45, 7) is 6.54. The average molecular weight is 237 g/mol. The second-order valence-electron chi connectivity index (χ2n) is 5.62. The van der Waals surface area contributed by atoms with Crippen molar-refractivity contribution in [1.82, 2.24) is 10.2 Å². The first-order valence-corrected chi connectivity index (χ1v) is 6.97. The molecular formula is C14H27N3. The zero-order valence-corrected chi connectivity index (χ0v) is 11.6. The lowest BCUT2D eigenvalue weighted by Gasteiger charge is -2.24. The van der Waals surface area contributed by atoms with Crippen LogP contribution < -0.4 is 5.32 Å². The minimum atomic E-state index is -0.313. The Labute approximate surface area is 106 Å². The first-order valence-electron chi connectivity index (χ1n) is 6.97. The van der Waals surface area contributed by atoms with Gasteiger partial charge in [-0.05, 0) is 59.2 Å². The highest BCUT2D eigenvalue weighted by molar-refractivity contribution is 5.06. The van der Waals surface area contributed by atoms with E-state index in [0.29, 0.717) is 6.04 Å². The fraction of sp³-hybridized carbons (Fsp3) is 0.929. The van der Waals surface area contributed by atoms with Crippen molar-refractivity contribution in [3.05, 3.63) is 0 Å². The summed E-state index contributed by atoms with van der Waals surface area (Å²) in [5.41, 5.74) is -0.313. The van der Waals surface area contributed by atoms with Gasteiger partial charge in [-0.15, -0.1) is 0 Å². The Morgan fingerprint density at radius 3 is 2.53 bits per heavy atom. The van der Waals surface area contributed by atoms with Crippen LogP contribution in [-0.2, 0) is 0 Å². The molecule has 1 saturated carbocycles. The summed E-state index contributed by atoms with van der Waals surface area (Å²) in [5, 5.41) is 12.7. The number of hydrogen-bond donors (Lipinski definition) is 1. The van der Waals surface area contributed by atoms with Crippen molar-refractivity contribution in [3.8, 4) is 6.07 Å². The van der Waals surface area contributed by atoms with E-state index in [9.17, 15) is 5.26 Å². The lowest BCUT2D eigenvalue weighted by Crippen LogP contribution is -2.42. The van der Waals surface area contributed by atoms with Gasteiger partial charge >= 0.3 is 0 Å². The van der Waals surface area contributed by atoms with E-state index < -0.39 is 0 Å². The normalized spacial score (nSPS) is 19.0. The molecule has 0 bridgehead atoms. The van der Waals surface area contributed by atoms with E-state index in [1.54, 1.807) is 0 Å². The van der Waals surface area contributed by atoms with E-state index in [1.165, 1.54) is 32.2 Å². The predicted molar refractivity (Wildman–Crippen MR) is 71.8 cm³/mol. The van der Waals surface area contributed by atoms with Crippen LogP contribution in [-0.4, -0.2) is 36.6 Å². The minimum Gasteiger partial charge on any atom is -0.306 e. The van der Waals surface area contributed by atoms with Gasteiger partial charge < -0.3 is 4.90 Å². The van der Waals surface area contributed by atoms with E-state index in [2.05, 4.69) is 30.3 Å². The molecule has 1 fully saturated rings. The van der Waals surface area contributed by atoms with Crippen LogP contribution in [0.2, 0.25) is 0 Å². The van der Waals surface area contributed by atoms with Gasteiger partial charge in [0.2, 0.25) is 0 Å². The molecule has 1 aliphatic carbocycles. The summed E-state index contributed by atoms with van der Waals surface area (Å²) in [4.78, 5) is 2.37. The van der Waals surface area contributed by atoms with E-state index in [4.69, 9.17) is 0 Å². The molecule has 0 saturated heterocycles. The summed E-state index contributed by atoms with van der Waals surface area (Å²) in [7, 11) is 2.17. The van der Waals surface area contributed by atoms with Crippen molar-refractivity contribution in [2.24, 2.45) is 0 Å². The lowest BCUT2D eigenvalue weighted by molar-refractivity contribution is 0.299. The number of rotatable bonds is 9. The Bertz CT molecular complexity index is 255. The van der Waals surface area contributed by atoms with E-state index in [0.717, 1.165) is 19.4 Å². The summed E-state index contributed by atoms with van der Waals surface area (Å²) < 4.78 is 0. The quantitative estimate of drug-likeness (QED) is 0.670. The molecule has 1 aliphatic rings. The van der Waals surface area contributed by atoms with Crippen LogP contribution in [0.15, 0.2) is 0 Å². The van der Waals surface area contributed by atoms with Gasteiger partial charge in [0.25, 0.3) is 0 Å². The lowest BCUT2D eigenvalue weighted by atomic mass is 9.97. The third-order valence-electron chi connectivity index (χ3n) is 3.46. The van der Waals surface area contributed by atoms with Crippen LogP contribution in [0.4, 0.5) is 0 Å². The van der Waals surface area contributed by atoms with Crippen LogP contribution in [0.1, 0.15) is 52.4 Å². The molecule has 3 nitrogen and oxygen atoms in total. The van der Waals surface area contributed by atoms with E-state index >= 15 is 0 Å². The highest BCUT2D eigenvalue weighted by Gasteiger charge is 2.31. The zero-order chi connectivity index (χ0) is 12.7. The molecule has 3 heteroatoms. The van der Waals surface area contributed by atoms with Crippen molar-refractivity contribution >= 4 is 0 Å². The second-order valence-corrected chi connectivity index (χ2v) is 5.62. The van der Waals surface area contributed by atoms with Gasteiger partial charge in [0.1, 0.15) is 5.54 Å². The predicted octanol–water partition coefficient (Wildman–Crippen LogP) is 2.53. The van der Waals surface area contributed by atoms with Crippen LogP contribution in [0.5, 0.6) is 0 Å². The maximum Gasteiger partial charge on any atom is 0.104 e. The highest BCUT2D eigenvalue weighted by atomic mass is 15.1. The Balaban J connectivity index is 2.16. The first kappa shape index (κ1) is 14.5. The van der Waals surface area contributed by atoms with Crippen LogP contribution >= 0.6 is 0 Å². The van der Waals surface area contributed by atoms with Gasteiger partial charge in [-0.1, -0.05) is 13.3 Å². The van der Waals surface area contributed by atoms with Gasteiger partial charge in [-0.25, -0.2) is 0 Å². The molecule has 0 radical (unpaired) electrons. The monoisotopic (exact) mass is 237 g/mol. The van der Waals surface area contributed by atoms with Gasteiger partial charge in [0.15, 0.2) is 0 Å². The molecule has 0 aromatic carbocycles. The molecule has 1 N–H and O–H groups in total. The maximum atomic E-state index is 9.24. The molecule has 1 rings (SSSR count). The molecule has 0 heterocycles. The Morgan fingerprint density at radius 1 is 1.35 bits per heavy atom. The van der Waals surface area contributed by atoms with Crippen LogP contribution in [0.3, 0.4) is 0 Å². The standard InChI is InChI=1S/C14H27N3/c1-4-5-10-17(3)11-6-9-14(2,12-15)16-13-7-8-13/h13,16H,4-11H2,1-3H3. The highest BCUT2D eigenvalue weighted by Crippen LogP contribution is 2.24. The Kier molecular flexibility index (Phi) is 5.94. The molecule has 17 heavy (non-hydrogen) atoms. The Hall–Kier alpha value is -0.590. The maximum absolute atomic E-state index is 9.24. The fourth-order valence-electron chi connectivity index (χ4n) is 2.08. The first-order chi connectivity index (χ1) is 8.09.